The van der Waals surface area contributed by atoms with Gasteiger partial charge in [0.15, 0.2) is 0 Å². The smallest absolute Gasteiger partial charge is 0.267 e. The van der Waals surface area contributed by atoms with E-state index in [2.05, 4.69) is 10.3 Å². The first-order chi connectivity index (χ1) is 8.88. The molecule has 0 aliphatic rings. The lowest BCUT2D eigenvalue weighted by atomic mass is 9.89. The molecule has 2 rings (SSSR count). The summed E-state index contributed by atoms with van der Waals surface area (Å²) in [5.41, 5.74) is 1.21. The van der Waals surface area contributed by atoms with Gasteiger partial charge in [-0.1, -0.05) is 39.0 Å². The van der Waals surface area contributed by atoms with Gasteiger partial charge in [-0.2, -0.15) is 0 Å². The van der Waals surface area contributed by atoms with E-state index in [9.17, 15) is 9.90 Å². The molecule has 0 aliphatic carbocycles. The minimum atomic E-state index is -0.569. The maximum absolute atomic E-state index is 12.0. The fraction of sp³-hybridized carbons (Fsp3) is 0.400. The van der Waals surface area contributed by atoms with E-state index < -0.39 is 6.10 Å². The highest BCUT2D eigenvalue weighted by molar-refractivity contribution is 5.97. The van der Waals surface area contributed by atoms with Crippen LogP contribution in [-0.2, 0) is 0 Å². The number of aliphatic hydroxyl groups excluding tert-OH is 1. The van der Waals surface area contributed by atoms with Gasteiger partial charge in [-0.3, -0.25) is 4.79 Å². The summed E-state index contributed by atoms with van der Waals surface area (Å²) in [6.07, 6.45) is -0.569. The number of amides is 1. The van der Waals surface area contributed by atoms with E-state index >= 15 is 0 Å². The van der Waals surface area contributed by atoms with E-state index in [0.29, 0.717) is 5.69 Å². The zero-order chi connectivity index (χ0) is 14.0. The topological polar surface area (TPSA) is 65.1 Å². The van der Waals surface area contributed by atoms with Crippen molar-refractivity contribution in [2.24, 2.45) is 5.41 Å². The molecule has 0 spiro atoms. The third kappa shape index (κ3) is 3.15. The summed E-state index contributed by atoms with van der Waals surface area (Å²) >= 11 is 0. The molecule has 1 aromatic heterocycles. The number of hydrogen-bond donors (Lipinski definition) is 3. The maximum atomic E-state index is 12.0. The summed E-state index contributed by atoms with van der Waals surface area (Å²) in [5.74, 6) is -0.195. The molecule has 2 aromatic rings. The number of aromatic nitrogens is 1. The molecule has 0 saturated carbocycles. The van der Waals surface area contributed by atoms with Gasteiger partial charge in [0.25, 0.3) is 5.91 Å². The summed E-state index contributed by atoms with van der Waals surface area (Å²) < 4.78 is 0. The van der Waals surface area contributed by atoms with Crippen LogP contribution < -0.4 is 5.32 Å². The van der Waals surface area contributed by atoms with Gasteiger partial charge in [-0.05, 0) is 17.5 Å². The molecule has 0 aliphatic heterocycles. The summed E-state index contributed by atoms with van der Waals surface area (Å²) in [6, 6.07) is 9.54. The summed E-state index contributed by atoms with van der Waals surface area (Å²) in [6.45, 7) is 6.06. The molecular weight excluding hydrogens is 240 g/mol. The molecule has 0 radical (unpaired) electrons. The van der Waals surface area contributed by atoms with Crippen LogP contribution in [0.2, 0.25) is 0 Å². The average molecular weight is 260 g/mol. The molecule has 3 N–H and O–H groups in total. The molecule has 0 bridgehead atoms. The number of rotatable bonds is 3. The summed E-state index contributed by atoms with van der Waals surface area (Å²) in [7, 11) is 0. The lowest BCUT2D eigenvalue weighted by Crippen LogP contribution is -2.39. The van der Waals surface area contributed by atoms with Crippen LogP contribution in [0.3, 0.4) is 0 Å². The van der Waals surface area contributed by atoms with Crippen molar-refractivity contribution in [3.63, 3.8) is 0 Å². The first kappa shape index (κ1) is 13.6. The number of aromatic amines is 1. The Bertz CT molecular complexity index is 548. The Balaban J connectivity index is 2.04. The van der Waals surface area contributed by atoms with Crippen molar-refractivity contribution >= 4 is 16.8 Å². The van der Waals surface area contributed by atoms with Gasteiger partial charge < -0.3 is 15.4 Å². The van der Waals surface area contributed by atoms with Crippen LogP contribution in [0.25, 0.3) is 10.9 Å². The molecule has 1 unspecified atom stereocenters. The highest BCUT2D eigenvalue weighted by Gasteiger charge is 2.22. The Labute approximate surface area is 112 Å². The van der Waals surface area contributed by atoms with Crippen molar-refractivity contribution in [1.29, 1.82) is 0 Å². The third-order valence-corrected chi connectivity index (χ3v) is 3.23. The minimum absolute atomic E-state index is 0.195. The van der Waals surface area contributed by atoms with Crippen molar-refractivity contribution < 1.29 is 9.90 Å². The molecule has 1 amide bonds. The van der Waals surface area contributed by atoms with E-state index in [-0.39, 0.29) is 17.9 Å². The molecule has 0 fully saturated rings. The van der Waals surface area contributed by atoms with E-state index in [1.54, 1.807) is 0 Å². The number of fused-ring (bicyclic) bond motifs is 1. The predicted octanol–water partition coefficient (Wildman–Crippen LogP) is 2.30. The van der Waals surface area contributed by atoms with Crippen LogP contribution in [0.15, 0.2) is 30.3 Å². The molecule has 1 atom stereocenters. The van der Waals surface area contributed by atoms with E-state index in [0.717, 1.165) is 10.9 Å². The quantitative estimate of drug-likeness (QED) is 0.793. The number of benzene rings is 1. The van der Waals surface area contributed by atoms with Crippen molar-refractivity contribution in [2.45, 2.75) is 26.9 Å². The Kier molecular flexibility index (Phi) is 3.62. The SMILES string of the molecule is CC(C)(C)C(O)CNC(=O)c1cc2ccccc2[nH]1. The zero-order valence-electron chi connectivity index (χ0n) is 11.5. The van der Waals surface area contributed by atoms with Crippen LogP contribution in [0.4, 0.5) is 0 Å². The second-order valence-electron chi connectivity index (χ2n) is 5.86. The number of nitrogens with one attached hydrogen (secondary N) is 2. The largest absolute Gasteiger partial charge is 0.391 e. The highest BCUT2D eigenvalue weighted by atomic mass is 16.3. The van der Waals surface area contributed by atoms with Gasteiger partial charge >= 0.3 is 0 Å². The van der Waals surface area contributed by atoms with Crippen LogP contribution in [-0.4, -0.2) is 28.6 Å². The molecule has 4 nitrogen and oxygen atoms in total. The van der Waals surface area contributed by atoms with Crippen molar-refractivity contribution in [2.75, 3.05) is 6.54 Å². The second kappa shape index (κ2) is 5.05. The van der Waals surface area contributed by atoms with Crippen molar-refractivity contribution in [1.82, 2.24) is 10.3 Å². The molecule has 1 aromatic carbocycles. The minimum Gasteiger partial charge on any atom is -0.391 e. The van der Waals surface area contributed by atoms with E-state index in [1.807, 2.05) is 51.1 Å². The summed E-state index contributed by atoms with van der Waals surface area (Å²) in [5, 5.41) is 13.6. The molecule has 1 heterocycles. The zero-order valence-corrected chi connectivity index (χ0v) is 11.5. The van der Waals surface area contributed by atoms with Gasteiger partial charge in [0, 0.05) is 17.4 Å². The van der Waals surface area contributed by atoms with Gasteiger partial charge in [0.1, 0.15) is 5.69 Å². The fourth-order valence-electron chi connectivity index (χ4n) is 1.79. The van der Waals surface area contributed by atoms with E-state index in [4.69, 9.17) is 0 Å². The van der Waals surface area contributed by atoms with Gasteiger partial charge in [-0.25, -0.2) is 0 Å². The van der Waals surface area contributed by atoms with Crippen molar-refractivity contribution in [3.05, 3.63) is 36.0 Å². The second-order valence-corrected chi connectivity index (χ2v) is 5.86. The monoisotopic (exact) mass is 260 g/mol. The molecule has 0 saturated heterocycles. The predicted molar refractivity (Wildman–Crippen MR) is 76.1 cm³/mol. The number of aliphatic hydroxyl groups is 1. The van der Waals surface area contributed by atoms with Gasteiger partial charge in [-0.15, -0.1) is 0 Å². The Morgan fingerprint density at radius 2 is 2.05 bits per heavy atom. The van der Waals surface area contributed by atoms with Crippen LogP contribution in [0.5, 0.6) is 0 Å². The lowest BCUT2D eigenvalue weighted by Gasteiger charge is -2.25. The normalized spacial score (nSPS) is 13.5. The molecule has 19 heavy (non-hydrogen) atoms. The first-order valence-corrected chi connectivity index (χ1v) is 6.42. The maximum Gasteiger partial charge on any atom is 0.267 e. The molecular formula is C15H20N2O2. The van der Waals surface area contributed by atoms with Crippen LogP contribution in [0.1, 0.15) is 31.3 Å². The van der Waals surface area contributed by atoms with Crippen LogP contribution >= 0.6 is 0 Å². The third-order valence-electron chi connectivity index (χ3n) is 3.23. The van der Waals surface area contributed by atoms with E-state index in [1.165, 1.54) is 0 Å². The number of H-pyrrole nitrogens is 1. The van der Waals surface area contributed by atoms with Gasteiger partial charge in [0.2, 0.25) is 0 Å². The first-order valence-electron chi connectivity index (χ1n) is 6.42. The molecule has 102 valence electrons. The Hall–Kier alpha value is -1.81. The standard InChI is InChI=1S/C15H20N2O2/c1-15(2,3)13(18)9-16-14(19)12-8-10-6-4-5-7-11(10)17-12/h4-8,13,17-18H,9H2,1-3H3,(H,16,19). The Morgan fingerprint density at radius 3 is 2.68 bits per heavy atom. The fourth-order valence-corrected chi connectivity index (χ4v) is 1.79. The number of carbonyl (C=O) groups is 1. The van der Waals surface area contributed by atoms with Crippen molar-refractivity contribution in [3.8, 4) is 0 Å². The summed E-state index contributed by atoms with van der Waals surface area (Å²) in [4.78, 5) is 15.1. The number of para-hydroxylation sites is 1. The lowest BCUT2D eigenvalue weighted by molar-refractivity contribution is 0.0585. The Morgan fingerprint density at radius 1 is 1.37 bits per heavy atom. The molecule has 4 heteroatoms. The number of carbonyl (C=O) groups excluding carboxylic acids is 1. The van der Waals surface area contributed by atoms with Gasteiger partial charge in [0.05, 0.1) is 6.10 Å². The van der Waals surface area contributed by atoms with Crippen LogP contribution in [0, 0.1) is 5.41 Å². The number of hydrogen-bond acceptors (Lipinski definition) is 2. The highest BCUT2D eigenvalue weighted by Crippen LogP contribution is 2.18. The average Bonchev–Trinajstić information content (AvgIpc) is 2.78.